The molecule has 0 saturated carbocycles. The van der Waals surface area contributed by atoms with Crippen molar-refractivity contribution in [1.82, 2.24) is 0 Å². The minimum absolute atomic E-state index is 0.0476. The van der Waals surface area contributed by atoms with Crippen molar-refractivity contribution in [2.45, 2.75) is 40.5 Å². The molecule has 12 heavy (non-hydrogen) atoms. The zero-order valence-corrected chi connectivity index (χ0v) is 8.31. The number of rotatable bonds is 3. The van der Waals surface area contributed by atoms with E-state index in [-0.39, 0.29) is 10.8 Å². The monoisotopic (exact) mass is 164 g/mol. The summed E-state index contributed by atoms with van der Waals surface area (Å²) >= 11 is 0. The fourth-order valence-corrected chi connectivity index (χ4v) is 1.51. The Morgan fingerprint density at radius 2 is 1.58 bits per heavy atom. The summed E-state index contributed by atoms with van der Waals surface area (Å²) in [5.41, 5.74) is -0.367. The van der Waals surface area contributed by atoms with Gasteiger partial charge in [0.1, 0.15) is 0 Å². The first kappa shape index (κ1) is 11.0. The van der Waals surface area contributed by atoms with E-state index in [4.69, 9.17) is 10.5 Å². The molecule has 0 radical (unpaired) electrons. The van der Waals surface area contributed by atoms with Crippen molar-refractivity contribution in [1.29, 1.82) is 10.5 Å². The van der Waals surface area contributed by atoms with Crippen molar-refractivity contribution in [2.75, 3.05) is 0 Å². The first-order valence-corrected chi connectivity index (χ1v) is 4.11. The number of nitrogens with zero attached hydrogens (tertiary/aromatic N) is 2. The van der Waals surface area contributed by atoms with Gasteiger partial charge in [0.05, 0.1) is 17.6 Å². The highest BCUT2D eigenvalue weighted by molar-refractivity contribution is 4.97. The fraction of sp³-hybridized carbons (Fsp3) is 0.800. The molecule has 0 aromatic rings. The van der Waals surface area contributed by atoms with Crippen molar-refractivity contribution < 1.29 is 0 Å². The maximum Gasteiger partial charge on any atom is 0.0684 e. The topological polar surface area (TPSA) is 47.6 Å². The van der Waals surface area contributed by atoms with Crippen LogP contribution in [0.2, 0.25) is 0 Å². The van der Waals surface area contributed by atoms with E-state index < -0.39 is 0 Å². The second kappa shape index (κ2) is 3.59. The molecule has 0 aliphatic heterocycles. The van der Waals surface area contributed by atoms with Gasteiger partial charge in [-0.1, -0.05) is 13.8 Å². The molecule has 0 aromatic carbocycles. The molecule has 0 atom stereocenters. The van der Waals surface area contributed by atoms with Gasteiger partial charge in [0, 0.05) is 6.42 Å². The number of nitriles is 2. The lowest BCUT2D eigenvalue weighted by atomic mass is 9.74. The molecule has 0 spiro atoms. The van der Waals surface area contributed by atoms with Crippen molar-refractivity contribution >= 4 is 0 Å². The van der Waals surface area contributed by atoms with Crippen LogP contribution >= 0.6 is 0 Å². The highest BCUT2D eigenvalue weighted by Gasteiger charge is 2.28. The quantitative estimate of drug-likeness (QED) is 0.644. The highest BCUT2D eigenvalue weighted by atomic mass is 14.4. The van der Waals surface area contributed by atoms with Crippen molar-refractivity contribution in [3.05, 3.63) is 0 Å². The lowest BCUT2D eigenvalue weighted by Crippen LogP contribution is -2.21. The second-order valence-electron chi connectivity index (χ2n) is 4.67. The van der Waals surface area contributed by atoms with Gasteiger partial charge in [0.25, 0.3) is 0 Å². The lowest BCUT2D eigenvalue weighted by molar-refractivity contribution is 0.248. The summed E-state index contributed by atoms with van der Waals surface area (Å²) in [7, 11) is 0. The molecule has 2 nitrogen and oxygen atoms in total. The zero-order valence-electron chi connectivity index (χ0n) is 8.31. The van der Waals surface area contributed by atoms with E-state index in [1.807, 2.05) is 27.7 Å². The van der Waals surface area contributed by atoms with Crippen LogP contribution < -0.4 is 0 Å². The number of hydrogen-bond donors (Lipinski definition) is 0. The molecule has 0 rings (SSSR count). The predicted octanol–water partition coefficient (Wildman–Crippen LogP) is 2.87. The summed E-state index contributed by atoms with van der Waals surface area (Å²) in [5.74, 6) is 0. The lowest BCUT2D eigenvalue weighted by Gasteiger charge is -2.28. The van der Waals surface area contributed by atoms with Crippen LogP contribution in [0, 0.1) is 33.5 Å². The second-order valence-corrected chi connectivity index (χ2v) is 4.67. The molecule has 0 aliphatic carbocycles. The van der Waals surface area contributed by atoms with Crippen molar-refractivity contribution in [3.8, 4) is 12.1 Å². The molecule has 0 bridgehead atoms. The van der Waals surface area contributed by atoms with Gasteiger partial charge in [-0.3, -0.25) is 0 Å². The maximum absolute atomic E-state index is 8.79. The Morgan fingerprint density at radius 3 is 1.92 bits per heavy atom. The molecule has 66 valence electrons. The molecule has 0 N–H and O–H groups in total. The Kier molecular flexibility index (Phi) is 3.28. The molecule has 2 heteroatoms. The van der Waals surface area contributed by atoms with E-state index >= 15 is 0 Å². The molecule has 0 aromatic heterocycles. The van der Waals surface area contributed by atoms with Gasteiger partial charge in [-0.05, 0) is 25.7 Å². The van der Waals surface area contributed by atoms with E-state index in [9.17, 15) is 0 Å². The van der Waals surface area contributed by atoms with E-state index in [0.29, 0.717) is 6.42 Å². The number of hydrogen-bond acceptors (Lipinski definition) is 2. The molecule has 0 aliphatic rings. The standard InChI is InChI=1S/C10H16N2/c1-9(2,5-6-11)7-10(3,4)8-12/h5,7H2,1-4H3. The first-order chi connectivity index (χ1) is 5.33. The van der Waals surface area contributed by atoms with Gasteiger partial charge >= 0.3 is 0 Å². The van der Waals surface area contributed by atoms with Gasteiger partial charge in [-0.25, -0.2) is 0 Å². The van der Waals surface area contributed by atoms with Crippen molar-refractivity contribution in [3.63, 3.8) is 0 Å². The molecular weight excluding hydrogens is 148 g/mol. The summed E-state index contributed by atoms with van der Waals surface area (Å²) in [4.78, 5) is 0. The minimum atomic E-state index is -0.319. The predicted molar refractivity (Wildman–Crippen MR) is 48.0 cm³/mol. The first-order valence-electron chi connectivity index (χ1n) is 4.11. The average molecular weight is 164 g/mol. The molecule has 0 fully saturated rings. The average Bonchev–Trinajstić information content (AvgIpc) is 1.85. The van der Waals surface area contributed by atoms with Crippen LogP contribution in [0.25, 0.3) is 0 Å². The highest BCUT2D eigenvalue weighted by Crippen LogP contribution is 2.35. The van der Waals surface area contributed by atoms with Crippen LogP contribution in [0.5, 0.6) is 0 Å². The zero-order chi connectivity index (χ0) is 9.83. The Labute approximate surface area is 74.8 Å². The third kappa shape index (κ3) is 3.98. The summed E-state index contributed by atoms with van der Waals surface area (Å²) < 4.78 is 0. The Hall–Kier alpha value is -1.02. The van der Waals surface area contributed by atoms with Gasteiger partial charge in [-0.15, -0.1) is 0 Å². The third-order valence-electron chi connectivity index (χ3n) is 1.78. The minimum Gasteiger partial charge on any atom is -0.198 e. The van der Waals surface area contributed by atoms with Gasteiger partial charge in [-0.2, -0.15) is 10.5 Å². The SMILES string of the molecule is CC(C)(C#N)CC(C)(C)CC#N. The Morgan fingerprint density at radius 1 is 1.08 bits per heavy atom. The van der Waals surface area contributed by atoms with Crippen LogP contribution in [0.4, 0.5) is 0 Å². The Balaban J connectivity index is 4.28. The van der Waals surface area contributed by atoms with E-state index in [2.05, 4.69) is 12.1 Å². The summed E-state index contributed by atoms with van der Waals surface area (Å²) in [6, 6.07) is 4.39. The van der Waals surface area contributed by atoms with E-state index in [0.717, 1.165) is 6.42 Å². The van der Waals surface area contributed by atoms with Crippen LogP contribution in [0.1, 0.15) is 40.5 Å². The van der Waals surface area contributed by atoms with Gasteiger partial charge < -0.3 is 0 Å². The third-order valence-corrected chi connectivity index (χ3v) is 1.78. The summed E-state index contributed by atoms with van der Waals surface area (Å²) in [5, 5.41) is 17.3. The molecule has 0 amide bonds. The van der Waals surface area contributed by atoms with Crippen LogP contribution in [-0.2, 0) is 0 Å². The van der Waals surface area contributed by atoms with Crippen molar-refractivity contribution in [2.24, 2.45) is 10.8 Å². The molecular formula is C10H16N2. The fourth-order valence-electron chi connectivity index (χ4n) is 1.51. The molecule has 0 unspecified atom stereocenters. The largest absolute Gasteiger partial charge is 0.198 e. The Bertz CT molecular complexity index is 225. The van der Waals surface area contributed by atoms with Crippen LogP contribution in [0.15, 0.2) is 0 Å². The van der Waals surface area contributed by atoms with E-state index in [1.165, 1.54) is 0 Å². The molecule has 0 saturated heterocycles. The summed E-state index contributed by atoms with van der Waals surface area (Å²) in [6.45, 7) is 7.86. The summed E-state index contributed by atoms with van der Waals surface area (Å²) in [6.07, 6.45) is 1.28. The normalized spacial score (nSPS) is 11.8. The van der Waals surface area contributed by atoms with Crippen LogP contribution in [0.3, 0.4) is 0 Å². The van der Waals surface area contributed by atoms with Crippen LogP contribution in [-0.4, -0.2) is 0 Å². The van der Waals surface area contributed by atoms with Gasteiger partial charge in [0.15, 0.2) is 0 Å². The van der Waals surface area contributed by atoms with Gasteiger partial charge in [0.2, 0.25) is 0 Å². The molecule has 0 heterocycles. The van der Waals surface area contributed by atoms with E-state index in [1.54, 1.807) is 0 Å². The maximum atomic E-state index is 8.79. The smallest absolute Gasteiger partial charge is 0.0684 e.